The Morgan fingerprint density at radius 1 is 1.05 bits per heavy atom. The van der Waals surface area contributed by atoms with Gasteiger partial charge >= 0.3 is 0 Å². The van der Waals surface area contributed by atoms with Crippen LogP contribution in [0.1, 0.15) is 31.4 Å². The lowest BCUT2D eigenvalue weighted by Gasteiger charge is -2.26. The topological polar surface area (TPSA) is 28.6 Å². The van der Waals surface area contributed by atoms with Gasteiger partial charge in [0.2, 0.25) is 5.88 Å². The number of aromatic nitrogens is 1. The van der Waals surface area contributed by atoms with Gasteiger partial charge in [-0.1, -0.05) is 6.07 Å². The average Bonchev–Trinajstić information content (AvgIpc) is 3.06. The maximum Gasteiger partial charge on any atom is 0.213 e. The van der Waals surface area contributed by atoms with Crippen LogP contribution in [0.2, 0.25) is 0 Å². The molecule has 0 radical (unpaired) electrons. The number of ether oxygens (including phenoxy) is 1. The maximum absolute atomic E-state index is 5.22. The van der Waals surface area contributed by atoms with E-state index in [4.69, 9.17) is 4.74 Å². The van der Waals surface area contributed by atoms with Crippen LogP contribution in [0.4, 0.5) is 0 Å². The molecule has 4 nitrogen and oxygen atoms in total. The number of fused-ring (bicyclic) bond motifs is 1. The Bertz CT molecular complexity index is 491. The quantitative estimate of drug-likeness (QED) is 0.836. The van der Waals surface area contributed by atoms with Crippen molar-refractivity contribution in [2.45, 2.75) is 44.3 Å². The van der Waals surface area contributed by atoms with Crippen molar-refractivity contribution >= 4 is 0 Å². The molecule has 0 amide bonds. The smallest absolute Gasteiger partial charge is 0.213 e. The van der Waals surface area contributed by atoms with Gasteiger partial charge in [-0.2, -0.15) is 0 Å². The second-order valence-electron chi connectivity index (χ2n) is 7.32. The molecule has 0 spiro atoms. The lowest BCUT2D eigenvalue weighted by atomic mass is 10.0. The van der Waals surface area contributed by atoms with E-state index in [1.165, 1.54) is 25.7 Å². The summed E-state index contributed by atoms with van der Waals surface area (Å²) in [5.74, 6) is 2.57. The summed E-state index contributed by atoms with van der Waals surface area (Å²) in [7, 11) is 8.37. The lowest BCUT2D eigenvalue weighted by Crippen LogP contribution is -2.31. The Labute approximate surface area is 134 Å². The molecule has 0 bridgehead atoms. The minimum atomic E-state index is 0.711. The predicted molar refractivity (Wildman–Crippen MR) is 89.0 cm³/mol. The van der Waals surface area contributed by atoms with Gasteiger partial charge < -0.3 is 9.64 Å². The summed E-state index contributed by atoms with van der Waals surface area (Å²) in [6, 6.07) is 7.55. The molecular formula is C18H29N3O. The Morgan fingerprint density at radius 3 is 2.27 bits per heavy atom. The van der Waals surface area contributed by atoms with Crippen molar-refractivity contribution in [3.63, 3.8) is 0 Å². The van der Waals surface area contributed by atoms with E-state index in [-0.39, 0.29) is 0 Å². The van der Waals surface area contributed by atoms with Gasteiger partial charge in [-0.25, -0.2) is 4.98 Å². The van der Waals surface area contributed by atoms with Crippen molar-refractivity contribution in [3.05, 3.63) is 23.9 Å². The highest BCUT2D eigenvalue weighted by molar-refractivity contribution is 5.15. The second kappa shape index (κ2) is 6.55. The minimum Gasteiger partial charge on any atom is -0.481 e. The number of rotatable bonds is 5. The molecule has 1 aromatic rings. The van der Waals surface area contributed by atoms with Crippen LogP contribution in [-0.2, 0) is 6.54 Å². The first-order valence-corrected chi connectivity index (χ1v) is 8.43. The van der Waals surface area contributed by atoms with E-state index in [1.54, 1.807) is 7.11 Å². The molecule has 4 heteroatoms. The van der Waals surface area contributed by atoms with Gasteiger partial charge in [0.15, 0.2) is 0 Å². The van der Waals surface area contributed by atoms with Gasteiger partial charge in [-0.15, -0.1) is 0 Å². The van der Waals surface area contributed by atoms with Gasteiger partial charge in [0.25, 0.3) is 0 Å². The molecule has 2 saturated carbocycles. The first-order valence-electron chi connectivity index (χ1n) is 8.43. The summed E-state index contributed by atoms with van der Waals surface area (Å²) < 4.78 is 5.22. The molecule has 1 aromatic heterocycles. The Hall–Kier alpha value is -1.13. The summed E-state index contributed by atoms with van der Waals surface area (Å²) in [6.45, 7) is 0.915. The number of methoxy groups -OCH3 is 1. The number of nitrogens with zero attached hydrogens (tertiary/aromatic N) is 3. The van der Waals surface area contributed by atoms with E-state index >= 15 is 0 Å². The second-order valence-corrected chi connectivity index (χ2v) is 7.32. The molecule has 3 rings (SSSR count). The predicted octanol–water partition coefficient (Wildman–Crippen LogP) is 2.64. The van der Waals surface area contributed by atoms with Crippen LogP contribution in [0.25, 0.3) is 0 Å². The van der Waals surface area contributed by atoms with Gasteiger partial charge in [0.1, 0.15) is 0 Å². The third kappa shape index (κ3) is 3.28. The Balaban J connectivity index is 1.55. The molecule has 2 unspecified atom stereocenters. The summed E-state index contributed by atoms with van der Waals surface area (Å²) >= 11 is 0. The van der Waals surface area contributed by atoms with Crippen LogP contribution >= 0.6 is 0 Å². The van der Waals surface area contributed by atoms with Crippen LogP contribution in [0.5, 0.6) is 5.88 Å². The van der Waals surface area contributed by atoms with Crippen molar-refractivity contribution < 1.29 is 4.74 Å². The fraction of sp³-hybridized carbons (Fsp3) is 0.722. The highest BCUT2D eigenvalue weighted by atomic mass is 16.5. The van der Waals surface area contributed by atoms with Gasteiger partial charge in [-0.3, -0.25) is 4.90 Å². The van der Waals surface area contributed by atoms with Gasteiger partial charge in [-0.05, 0) is 64.7 Å². The Kier molecular flexibility index (Phi) is 4.69. The number of pyridine rings is 1. The van der Waals surface area contributed by atoms with Gasteiger partial charge in [0, 0.05) is 24.7 Å². The molecule has 0 saturated heterocycles. The van der Waals surface area contributed by atoms with E-state index in [0.717, 1.165) is 30.1 Å². The molecule has 2 aliphatic carbocycles. The fourth-order valence-corrected chi connectivity index (χ4v) is 4.38. The van der Waals surface area contributed by atoms with E-state index < -0.39 is 0 Å². The zero-order chi connectivity index (χ0) is 15.7. The standard InChI is InChI=1S/C18H29N3O/c1-20(2)16-8-13-10-17(11-14(13)9-16)21(3)12-15-6-5-7-18(19-15)22-4/h5-7,13-14,16-17H,8-12H2,1-4H3/t13-,14+,16?,17?. The lowest BCUT2D eigenvalue weighted by molar-refractivity contribution is 0.209. The summed E-state index contributed by atoms with van der Waals surface area (Å²) in [5, 5.41) is 0. The molecule has 122 valence electrons. The Morgan fingerprint density at radius 2 is 1.68 bits per heavy atom. The van der Waals surface area contributed by atoms with Crippen LogP contribution in [0.15, 0.2) is 18.2 Å². The van der Waals surface area contributed by atoms with Gasteiger partial charge in [0.05, 0.1) is 12.8 Å². The summed E-state index contributed by atoms with van der Waals surface area (Å²) in [5.41, 5.74) is 1.10. The summed E-state index contributed by atoms with van der Waals surface area (Å²) in [6.07, 6.45) is 5.49. The third-order valence-corrected chi connectivity index (χ3v) is 5.72. The molecule has 2 fully saturated rings. The first kappa shape index (κ1) is 15.8. The normalized spacial score (nSPS) is 31.0. The molecule has 1 heterocycles. The van der Waals surface area contributed by atoms with E-state index in [9.17, 15) is 0 Å². The SMILES string of the molecule is COc1cccc(CN(C)C2C[C@H]3CC(N(C)C)C[C@H]3C2)n1. The van der Waals surface area contributed by atoms with Crippen molar-refractivity contribution in [2.75, 3.05) is 28.3 Å². The van der Waals surface area contributed by atoms with Crippen LogP contribution in [0.3, 0.4) is 0 Å². The van der Waals surface area contributed by atoms with Crippen molar-refractivity contribution in [2.24, 2.45) is 11.8 Å². The third-order valence-electron chi connectivity index (χ3n) is 5.72. The van der Waals surface area contributed by atoms with E-state index in [1.807, 2.05) is 12.1 Å². The highest BCUT2D eigenvalue weighted by Gasteiger charge is 2.43. The highest BCUT2D eigenvalue weighted by Crippen LogP contribution is 2.46. The van der Waals surface area contributed by atoms with Crippen molar-refractivity contribution in [1.29, 1.82) is 0 Å². The molecular weight excluding hydrogens is 274 g/mol. The minimum absolute atomic E-state index is 0.711. The van der Waals surface area contributed by atoms with Crippen LogP contribution in [0, 0.1) is 11.8 Å². The van der Waals surface area contributed by atoms with Crippen molar-refractivity contribution in [1.82, 2.24) is 14.8 Å². The molecule has 4 atom stereocenters. The monoisotopic (exact) mass is 303 g/mol. The fourth-order valence-electron chi connectivity index (χ4n) is 4.38. The largest absolute Gasteiger partial charge is 0.481 e. The van der Waals surface area contributed by atoms with Crippen LogP contribution in [-0.4, -0.2) is 55.1 Å². The maximum atomic E-state index is 5.22. The molecule has 2 aliphatic rings. The zero-order valence-electron chi connectivity index (χ0n) is 14.3. The molecule has 22 heavy (non-hydrogen) atoms. The molecule has 0 N–H and O–H groups in total. The number of hydrogen-bond donors (Lipinski definition) is 0. The summed E-state index contributed by atoms with van der Waals surface area (Å²) in [4.78, 5) is 9.44. The zero-order valence-corrected chi connectivity index (χ0v) is 14.3. The molecule has 0 aliphatic heterocycles. The average molecular weight is 303 g/mol. The van der Waals surface area contributed by atoms with E-state index in [0.29, 0.717) is 11.9 Å². The van der Waals surface area contributed by atoms with Crippen LogP contribution < -0.4 is 4.74 Å². The first-order chi connectivity index (χ1) is 10.6. The molecule has 0 aromatic carbocycles. The number of hydrogen-bond acceptors (Lipinski definition) is 4. The van der Waals surface area contributed by atoms with E-state index in [2.05, 4.69) is 42.0 Å². The van der Waals surface area contributed by atoms with Crippen molar-refractivity contribution in [3.8, 4) is 5.88 Å².